The van der Waals surface area contributed by atoms with Crippen LogP contribution in [0.2, 0.25) is 0 Å². The monoisotopic (exact) mass is 465 g/mol. The van der Waals surface area contributed by atoms with E-state index in [-0.39, 0.29) is 11.9 Å². The summed E-state index contributed by atoms with van der Waals surface area (Å²) in [6.07, 6.45) is 3.96. The zero-order chi connectivity index (χ0) is 23.8. The van der Waals surface area contributed by atoms with Crippen molar-refractivity contribution >= 4 is 17.5 Å². The fourth-order valence-corrected chi connectivity index (χ4v) is 4.83. The molecule has 0 radical (unpaired) electrons. The number of nitrogens with one attached hydrogen (secondary N) is 1. The van der Waals surface area contributed by atoms with E-state index >= 15 is 0 Å². The van der Waals surface area contributed by atoms with Gasteiger partial charge in [0.05, 0.1) is 29.8 Å². The fraction of sp³-hybridized carbons (Fsp3) is 0.480. The molecule has 0 bridgehead atoms. The van der Waals surface area contributed by atoms with Crippen molar-refractivity contribution in [3.05, 3.63) is 42.0 Å². The quantitative estimate of drug-likeness (QED) is 0.606. The molecule has 1 aromatic carbocycles. The van der Waals surface area contributed by atoms with E-state index in [1.165, 1.54) is 6.07 Å². The number of imidazole rings is 1. The van der Waals surface area contributed by atoms with Crippen LogP contribution in [0.3, 0.4) is 0 Å². The number of ether oxygens (including phenoxy) is 1. The van der Waals surface area contributed by atoms with Gasteiger partial charge in [-0.25, -0.2) is 9.37 Å². The molecule has 0 aliphatic carbocycles. The van der Waals surface area contributed by atoms with E-state index in [0.717, 1.165) is 55.1 Å². The van der Waals surface area contributed by atoms with E-state index in [9.17, 15) is 4.39 Å². The molecular weight excluding hydrogens is 433 g/mol. The van der Waals surface area contributed by atoms with Gasteiger partial charge < -0.3 is 24.4 Å². The summed E-state index contributed by atoms with van der Waals surface area (Å²) >= 11 is 0. The lowest BCUT2D eigenvalue weighted by Gasteiger charge is -2.34. The number of nitrogens with zero attached hydrogens (tertiary/aromatic N) is 6. The van der Waals surface area contributed by atoms with E-state index in [4.69, 9.17) is 4.74 Å². The predicted octanol–water partition coefficient (Wildman–Crippen LogP) is 4.18. The van der Waals surface area contributed by atoms with Gasteiger partial charge in [0.2, 0.25) is 5.95 Å². The molecule has 0 unspecified atom stereocenters. The second-order valence-corrected chi connectivity index (χ2v) is 9.51. The Labute approximate surface area is 199 Å². The molecule has 34 heavy (non-hydrogen) atoms. The van der Waals surface area contributed by atoms with Crippen molar-refractivity contribution in [2.24, 2.45) is 7.05 Å². The molecule has 9 heteroatoms. The molecule has 0 saturated carbocycles. The smallest absolute Gasteiger partial charge is 0.208 e. The molecule has 180 valence electrons. The van der Waals surface area contributed by atoms with E-state index < -0.39 is 0 Å². The fourth-order valence-electron chi connectivity index (χ4n) is 4.83. The highest BCUT2D eigenvalue weighted by Crippen LogP contribution is 2.39. The molecule has 4 heterocycles. The van der Waals surface area contributed by atoms with Gasteiger partial charge in [0.1, 0.15) is 6.61 Å². The number of fused-ring (bicyclic) bond motifs is 1. The van der Waals surface area contributed by atoms with E-state index in [1.807, 2.05) is 23.7 Å². The van der Waals surface area contributed by atoms with Crippen LogP contribution >= 0.6 is 0 Å². The second-order valence-electron chi connectivity index (χ2n) is 9.51. The molecule has 5 rings (SSSR count). The van der Waals surface area contributed by atoms with Crippen molar-refractivity contribution < 1.29 is 9.13 Å². The van der Waals surface area contributed by atoms with Crippen molar-refractivity contribution in [2.75, 3.05) is 43.5 Å². The Bertz CT molecular complexity index is 1150. The summed E-state index contributed by atoms with van der Waals surface area (Å²) in [5.74, 6) is 1.68. The molecular formula is C25H32FN7O. The van der Waals surface area contributed by atoms with Crippen molar-refractivity contribution in [1.82, 2.24) is 24.6 Å². The minimum atomic E-state index is -0.357. The molecule has 1 fully saturated rings. The van der Waals surface area contributed by atoms with Gasteiger partial charge >= 0.3 is 0 Å². The summed E-state index contributed by atoms with van der Waals surface area (Å²) in [5, 5.41) is 12.1. The van der Waals surface area contributed by atoms with Crippen LogP contribution in [0.1, 0.15) is 38.3 Å². The molecule has 3 aromatic rings. The third-order valence-electron chi connectivity index (χ3n) is 6.88. The Kier molecular flexibility index (Phi) is 6.12. The molecule has 2 aliphatic heterocycles. The first kappa shape index (κ1) is 22.6. The first-order valence-corrected chi connectivity index (χ1v) is 11.9. The first-order valence-electron chi connectivity index (χ1n) is 11.9. The SMILES string of the molecule is CC(C)N1CCOc2c(F)cc(-c3cnc(Nc4ccc(C5CCN(C)CC5)nn4)n3C)cc21. The maximum absolute atomic E-state index is 14.9. The van der Waals surface area contributed by atoms with E-state index in [2.05, 4.69) is 57.3 Å². The molecule has 2 aromatic heterocycles. The lowest BCUT2D eigenvalue weighted by Crippen LogP contribution is -2.38. The van der Waals surface area contributed by atoms with Crippen LogP contribution in [0, 0.1) is 5.82 Å². The lowest BCUT2D eigenvalue weighted by molar-refractivity contribution is 0.253. The number of likely N-dealkylation sites (tertiary alicyclic amines) is 1. The van der Waals surface area contributed by atoms with E-state index in [0.29, 0.717) is 30.0 Å². The van der Waals surface area contributed by atoms with Crippen LogP contribution < -0.4 is 15.0 Å². The number of aromatic nitrogens is 4. The van der Waals surface area contributed by atoms with Gasteiger partial charge in [-0.2, -0.15) is 5.10 Å². The highest BCUT2D eigenvalue weighted by Gasteiger charge is 2.25. The topological polar surface area (TPSA) is 71.3 Å². The number of hydrogen-bond acceptors (Lipinski definition) is 7. The van der Waals surface area contributed by atoms with Gasteiger partial charge in [0.15, 0.2) is 17.4 Å². The van der Waals surface area contributed by atoms with Gasteiger partial charge in [-0.1, -0.05) is 0 Å². The average Bonchev–Trinajstić information content (AvgIpc) is 3.19. The Morgan fingerprint density at radius 2 is 1.88 bits per heavy atom. The van der Waals surface area contributed by atoms with E-state index in [1.54, 1.807) is 6.20 Å². The van der Waals surface area contributed by atoms with Gasteiger partial charge in [-0.05, 0) is 71.1 Å². The van der Waals surface area contributed by atoms with Gasteiger partial charge in [0.25, 0.3) is 0 Å². The zero-order valence-corrected chi connectivity index (χ0v) is 20.3. The predicted molar refractivity (Wildman–Crippen MR) is 131 cm³/mol. The first-order chi connectivity index (χ1) is 16.4. The maximum Gasteiger partial charge on any atom is 0.208 e. The Morgan fingerprint density at radius 1 is 1.09 bits per heavy atom. The average molecular weight is 466 g/mol. The summed E-state index contributed by atoms with van der Waals surface area (Å²) < 4.78 is 22.5. The van der Waals surface area contributed by atoms with Crippen molar-refractivity contribution in [1.29, 1.82) is 0 Å². The summed E-state index contributed by atoms with van der Waals surface area (Å²) in [5.41, 5.74) is 3.37. The second kappa shape index (κ2) is 9.21. The van der Waals surface area contributed by atoms with Gasteiger partial charge in [-0.15, -0.1) is 5.10 Å². The lowest BCUT2D eigenvalue weighted by atomic mass is 9.94. The summed E-state index contributed by atoms with van der Waals surface area (Å²) in [6.45, 7) is 7.60. The number of halogens is 1. The largest absolute Gasteiger partial charge is 0.486 e. The van der Waals surface area contributed by atoms with Crippen LogP contribution in [-0.2, 0) is 7.05 Å². The van der Waals surface area contributed by atoms with Crippen LogP contribution in [0.15, 0.2) is 30.5 Å². The third-order valence-corrected chi connectivity index (χ3v) is 6.88. The normalized spacial score (nSPS) is 17.1. The molecule has 8 nitrogen and oxygen atoms in total. The molecule has 0 spiro atoms. The molecule has 0 amide bonds. The van der Waals surface area contributed by atoms with Crippen LogP contribution in [0.4, 0.5) is 21.8 Å². The van der Waals surface area contributed by atoms with Crippen LogP contribution in [0.25, 0.3) is 11.3 Å². The van der Waals surface area contributed by atoms with Gasteiger partial charge in [0, 0.05) is 24.6 Å². The maximum atomic E-state index is 14.9. The van der Waals surface area contributed by atoms with Gasteiger partial charge in [-0.3, -0.25) is 0 Å². The minimum absolute atomic E-state index is 0.247. The summed E-state index contributed by atoms with van der Waals surface area (Å²) in [7, 11) is 4.06. The third kappa shape index (κ3) is 4.32. The molecule has 0 atom stereocenters. The Morgan fingerprint density at radius 3 is 2.59 bits per heavy atom. The Balaban J connectivity index is 1.36. The van der Waals surface area contributed by atoms with Crippen LogP contribution in [0.5, 0.6) is 5.75 Å². The number of anilines is 3. The highest BCUT2D eigenvalue weighted by molar-refractivity contribution is 5.73. The zero-order valence-electron chi connectivity index (χ0n) is 20.3. The summed E-state index contributed by atoms with van der Waals surface area (Å²) in [6, 6.07) is 7.74. The minimum Gasteiger partial charge on any atom is -0.486 e. The number of hydrogen-bond donors (Lipinski definition) is 1. The highest BCUT2D eigenvalue weighted by atomic mass is 19.1. The number of rotatable bonds is 5. The standard InChI is InChI=1S/C25H32FN7O/c1-16(2)33-11-12-34-24-19(26)13-18(14-21(24)33)22-15-27-25(32(22)4)28-23-6-5-20(29-30-23)17-7-9-31(3)10-8-17/h5-6,13-17H,7-12H2,1-4H3,(H,27,28,30). The summed E-state index contributed by atoms with van der Waals surface area (Å²) in [4.78, 5) is 9.03. The number of piperidine rings is 1. The molecule has 1 saturated heterocycles. The van der Waals surface area contributed by atoms with Crippen molar-refractivity contribution in [3.8, 4) is 17.0 Å². The number of benzene rings is 1. The molecule has 1 N–H and O–H groups in total. The Hall–Kier alpha value is -3.20. The van der Waals surface area contributed by atoms with Crippen molar-refractivity contribution in [3.63, 3.8) is 0 Å². The van der Waals surface area contributed by atoms with Crippen LogP contribution in [-0.4, -0.2) is 64.0 Å². The van der Waals surface area contributed by atoms with Crippen molar-refractivity contribution in [2.45, 2.75) is 38.6 Å². The molecule has 2 aliphatic rings.